The van der Waals surface area contributed by atoms with Gasteiger partial charge in [-0.05, 0) is 70.9 Å². The van der Waals surface area contributed by atoms with Crippen LogP contribution in [0.25, 0.3) is 0 Å². The zero-order valence-electron chi connectivity index (χ0n) is 36.6. The Hall–Kier alpha value is -1.83. The van der Waals surface area contributed by atoms with Crippen molar-refractivity contribution >= 4 is 18.0 Å². The van der Waals surface area contributed by atoms with Gasteiger partial charge in [0.2, 0.25) is 0 Å². The summed E-state index contributed by atoms with van der Waals surface area (Å²) in [6, 6.07) is -0.00970. The van der Waals surface area contributed by atoms with Gasteiger partial charge in [-0.15, -0.1) is 0 Å². The molecule has 1 N–H and O–H groups in total. The van der Waals surface area contributed by atoms with E-state index in [9.17, 15) is 14.4 Å². The van der Waals surface area contributed by atoms with Crippen LogP contribution >= 0.6 is 0 Å². The van der Waals surface area contributed by atoms with Gasteiger partial charge in [0.15, 0.2) is 0 Å². The number of nitrogens with zero attached hydrogens (tertiary/aromatic N) is 2. The molecule has 1 fully saturated rings. The number of urea groups is 1. The van der Waals surface area contributed by atoms with Crippen molar-refractivity contribution in [1.82, 2.24) is 15.1 Å². The standard InChI is InChI=1S/C46H89N3O5.H2/c1-7-11-15-19-21-25-29-41(27-23-17-13-9-3)43(50)53-39-33-46(31-36-49(37-32-46)45(52)47-35-38-48(5)6)34-40-54-44(51)42(28-24-18-14-10-4)30-26-22-20-16-12-8-2;/h41-42H,7-40H2,1-6H3,(H,47,52);1H. The number of nitrogens with one attached hydrogen (secondary N) is 1. The van der Waals surface area contributed by atoms with E-state index < -0.39 is 0 Å². The number of carbonyl (C=O) groups is 3. The molecule has 320 valence electrons. The van der Waals surface area contributed by atoms with Crippen LogP contribution in [0.15, 0.2) is 0 Å². The average Bonchev–Trinajstić information content (AvgIpc) is 3.16. The van der Waals surface area contributed by atoms with E-state index in [1.54, 1.807) is 0 Å². The average molecular weight is 766 g/mol. The van der Waals surface area contributed by atoms with Gasteiger partial charge in [-0.25, -0.2) is 4.79 Å². The van der Waals surface area contributed by atoms with E-state index in [4.69, 9.17) is 9.47 Å². The maximum absolute atomic E-state index is 13.5. The van der Waals surface area contributed by atoms with Gasteiger partial charge in [-0.3, -0.25) is 9.59 Å². The molecular weight excluding hydrogens is 675 g/mol. The van der Waals surface area contributed by atoms with Crippen LogP contribution < -0.4 is 5.32 Å². The number of unbranched alkanes of at least 4 members (excludes halogenated alkanes) is 16. The van der Waals surface area contributed by atoms with Crippen LogP contribution in [-0.2, 0) is 19.1 Å². The number of carbonyl (C=O) groups excluding carboxylic acids is 3. The van der Waals surface area contributed by atoms with Crippen molar-refractivity contribution in [1.29, 1.82) is 0 Å². The van der Waals surface area contributed by atoms with Gasteiger partial charge in [-0.1, -0.05) is 156 Å². The Balaban J connectivity index is 0.0000292. The summed E-state index contributed by atoms with van der Waals surface area (Å²) in [6.07, 6.45) is 30.9. The van der Waals surface area contributed by atoms with Crippen LogP contribution in [0.4, 0.5) is 4.79 Å². The second-order valence-corrected chi connectivity index (χ2v) is 17.1. The Kier molecular flexibility index (Phi) is 31.0. The molecule has 1 saturated heterocycles. The van der Waals surface area contributed by atoms with Gasteiger partial charge in [0.25, 0.3) is 0 Å². The van der Waals surface area contributed by atoms with Crippen molar-refractivity contribution < 1.29 is 25.3 Å². The molecule has 2 amide bonds. The third-order valence-electron chi connectivity index (χ3n) is 12.0. The summed E-state index contributed by atoms with van der Waals surface area (Å²) >= 11 is 0. The molecule has 1 rings (SSSR count). The lowest BCUT2D eigenvalue weighted by atomic mass is 9.73. The van der Waals surface area contributed by atoms with Crippen LogP contribution in [0.3, 0.4) is 0 Å². The number of piperidine rings is 1. The normalized spacial score (nSPS) is 15.3. The number of hydrogen-bond acceptors (Lipinski definition) is 6. The predicted molar refractivity (Wildman–Crippen MR) is 229 cm³/mol. The minimum atomic E-state index is -0.132. The molecule has 1 heterocycles. The largest absolute Gasteiger partial charge is 0.465 e. The molecule has 0 spiro atoms. The van der Waals surface area contributed by atoms with Crippen molar-refractivity contribution in [3.8, 4) is 0 Å². The molecule has 2 unspecified atom stereocenters. The number of amides is 2. The van der Waals surface area contributed by atoms with Gasteiger partial charge in [0.05, 0.1) is 25.0 Å². The molecule has 0 saturated carbocycles. The number of rotatable bonds is 35. The second-order valence-electron chi connectivity index (χ2n) is 17.1. The van der Waals surface area contributed by atoms with Crippen molar-refractivity contribution in [2.24, 2.45) is 17.3 Å². The summed E-state index contributed by atoms with van der Waals surface area (Å²) < 4.78 is 12.2. The summed E-state index contributed by atoms with van der Waals surface area (Å²) in [5.74, 6) is -0.0861. The fourth-order valence-electron chi connectivity index (χ4n) is 8.02. The number of ether oxygens (including phenoxy) is 2. The Morgan fingerprint density at radius 2 is 0.944 bits per heavy atom. The summed E-state index contributed by atoms with van der Waals surface area (Å²) in [5, 5.41) is 3.07. The maximum atomic E-state index is 13.5. The molecular formula is C46H91N3O5. The first kappa shape index (κ1) is 50.2. The second kappa shape index (κ2) is 33.3. The molecule has 0 radical (unpaired) electrons. The number of likely N-dealkylation sites (tertiary alicyclic amines) is 1. The van der Waals surface area contributed by atoms with E-state index in [2.05, 4.69) is 37.9 Å². The van der Waals surface area contributed by atoms with Gasteiger partial charge >= 0.3 is 18.0 Å². The molecule has 1 aliphatic heterocycles. The molecule has 8 nitrogen and oxygen atoms in total. The van der Waals surface area contributed by atoms with Gasteiger partial charge in [-0.2, -0.15) is 0 Å². The van der Waals surface area contributed by atoms with E-state index in [1.165, 1.54) is 103 Å². The Bertz CT molecular complexity index is 875. The first-order chi connectivity index (χ1) is 26.2. The summed E-state index contributed by atoms with van der Waals surface area (Å²) in [4.78, 5) is 44.0. The van der Waals surface area contributed by atoms with Crippen molar-refractivity contribution in [2.45, 2.75) is 207 Å². The predicted octanol–water partition coefficient (Wildman–Crippen LogP) is 12.1. The lowest BCUT2D eigenvalue weighted by molar-refractivity contribution is -0.151. The van der Waals surface area contributed by atoms with Crippen LogP contribution in [-0.4, -0.2) is 81.3 Å². The zero-order valence-corrected chi connectivity index (χ0v) is 36.6. The molecule has 0 bridgehead atoms. The SMILES string of the molecule is CCCCCCCCC(CCCCCC)C(=O)OCCC1(CCOC(=O)C(CCCCCC)CCCCCCCC)CCN(C(=O)NCCN(C)C)CC1.[HH]. The highest BCUT2D eigenvalue weighted by molar-refractivity contribution is 5.74. The Morgan fingerprint density at radius 1 is 0.593 bits per heavy atom. The highest BCUT2D eigenvalue weighted by Crippen LogP contribution is 2.39. The molecule has 8 heteroatoms. The lowest BCUT2D eigenvalue weighted by Gasteiger charge is -2.42. The van der Waals surface area contributed by atoms with Gasteiger partial charge in [0, 0.05) is 27.6 Å². The first-order valence-electron chi connectivity index (χ1n) is 23.2. The van der Waals surface area contributed by atoms with Gasteiger partial charge in [0.1, 0.15) is 0 Å². The summed E-state index contributed by atoms with van der Waals surface area (Å²) in [6.45, 7) is 12.5. The molecule has 54 heavy (non-hydrogen) atoms. The number of hydrogen-bond donors (Lipinski definition) is 1. The third kappa shape index (κ3) is 24.6. The van der Waals surface area contributed by atoms with Crippen LogP contribution in [0, 0.1) is 17.3 Å². The molecule has 1 aliphatic rings. The van der Waals surface area contributed by atoms with Gasteiger partial charge < -0.3 is 24.6 Å². The highest BCUT2D eigenvalue weighted by atomic mass is 16.5. The van der Waals surface area contributed by atoms with Crippen molar-refractivity contribution in [3.63, 3.8) is 0 Å². The van der Waals surface area contributed by atoms with Crippen LogP contribution in [0.5, 0.6) is 0 Å². The first-order valence-corrected chi connectivity index (χ1v) is 23.2. The minimum absolute atomic E-state index is 0. The fourth-order valence-corrected chi connectivity index (χ4v) is 8.02. The van der Waals surface area contributed by atoms with E-state index in [-0.39, 0.29) is 36.6 Å². The molecule has 0 aromatic heterocycles. The van der Waals surface area contributed by atoms with Crippen molar-refractivity contribution in [2.75, 3.05) is 53.5 Å². The Morgan fingerprint density at radius 3 is 1.31 bits per heavy atom. The lowest BCUT2D eigenvalue weighted by Crippen LogP contribution is -2.49. The van der Waals surface area contributed by atoms with Crippen LogP contribution in [0.1, 0.15) is 209 Å². The molecule has 0 aromatic carbocycles. The molecule has 0 aliphatic carbocycles. The topological polar surface area (TPSA) is 88.2 Å². The fraction of sp³-hybridized carbons (Fsp3) is 0.935. The van der Waals surface area contributed by atoms with Crippen molar-refractivity contribution in [3.05, 3.63) is 0 Å². The number of likely N-dealkylation sites (N-methyl/N-ethyl adjacent to an activating group) is 1. The number of esters is 2. The third-order valence-corrected chi connectivity index (χ3v) is 12.0. The molecule has 0 aromatic rings. The summed E-state index contributed by atoms with van der Waals surface area (Å²) in [7, 11) is 4.02. The van der Waals surface area contributed by atoms with E-state index in [1.807, 2.05) is 19.0 Å². The van der Waals surface area contributed by atoms with E-state index in [0.29, 0.717) is 32.8 Å². The van der Waals surface area contributed by atoms with Crippen LogP contribution in [0.2, 0.25) is 0 Å². The smallest absolute Gasteiger partial charge is 0.317 e. The minimum Gasteiger partial charge on any atom is -0.465 e. The highest BCUT2D eigenvalue weighted by Gasteiger charge is 2.37. The Labute approximate surface area is 335 Å². The molecule has 2 atom stereocenters. The summed E-state index contributed by atoms with van der Waals surface area (Å²) in [5.41, 5.74) is -0.132. The quantitative estimate of drug-likeness (QED) is 0.0510. The zero-order chi connectivity index (χ0) is 39.7. The van der Waals surface area contributed by atoms with E-state index >= 15 is 0 Å². The maximum Gasteiger partial charge on any atom is 0.317 e. The van der Waals surface area contributed by atoms with E-state index in [0.717, 1.165) is 83.6 Å². The monoisotopic (exact) mass is 766 g/mol.